The largest absolute Gasteiger partial charge is 0.473 e. The third-order valence-corrected chi connectivity index (χ3v) is 7.57. The van der Waals surface area contributed by atoms with Gasteiger partial charge in [0.05, 0.1) is 23.9 Å². The molecule has 12 heteroatoms. The first-order valence-corrected chi connectivity index (χ1v) is 13.8. The number of aliphatic hydroxyl groups excluding tert-OH is 1. The Kier molecular flexibility index (Phi) is 8.06. The Hall–Kier alpha value is -4.39. The molecular weight excluding hydrogens is 585 g/mol. The van der Waals surface area contributed by atoms with Gasteiger partial charge in [0.15, 0.2) is 12.1 Å². The molecule has 6 rings (SSSR count). The van der Waals surface area contributed by atoms with Crippen molar-refractivity contribution in [2.24, 2.45) is 0 Å². The second-order valence-corrected chi connectivity index (χ2v) is 10.6. The molecule has 1 fully saturated rings. The van der Waals surface area contributed by atoms with Crippen molar-refractivity contribution in [2.45, 2.75) is 45.3 Å². The van der Waals surface area contributed by atoms with Crippen LogP contribution >= 0.6 is 0 Å². The number of hydrogen-bond acceptors (Lipinski definition) is 6. The van der Waals surface area contributed by atoms with Gasteiger partial charge < -0.3 is 24.3 Å². The van der Waals surface area contributed by atoms with Gasteiger partial charge in [-0.3, -0.25) is 0 Å². The van der Waals surface area contributed by atoms with Crippen LogP contribution in [0, 0.1) is 36.0 Å². The van der Waals surface area contributed by atoms with E-state index in [0.717, 1.165) is 36.8 Å². The highest BCUT2D eigenvalue weighted by Crippen LogP contribution is 2.30. The number of fused-ring (bicyclic) bond motifs is 1. The van der Waals surface area contributed by atoms with E-state index in [2.05, 4.69) is 9.97 Å². The summed E-state index contributed by atoms with van der Waals surface area (Å²) in [7, 11) is 0. The highest BCUT2D eigenvalue weighted by molar-refractivity contribution is 5.78. The number of rotatable bonds is 9. The van der Waals surface area contributed by atoms with E-state index in [-0.39, 0.29) is 81.9 Å². The highest BCUT2D eigenvalue weighted by Gasteiger charge is 2.25. The van der Waals surface area contributed by atoms with Crippen molar-refractivity contribution in [2.75, 3.05) is 6.61 Å². The molecular formula is C32H26F5N3O4. The molecule has 7 nitrogen and oxygen atoms in total. The number of hydrogen-bond donors (Lipinski definition) is 2. The van der Waals surface area contributed by atoms with Crippen LogP contribution in [-0.2, 0) is 24.3 Å². The van der Waals surface area contributed by atoms with Crippen LogP contribution in [0.1, 0.15) is 40.8 Å². The molecule has 0 bridgehead atoms. The lowest BCUT2D eigenvalue weighted by Gasteiger charge is -2.27. The maximum absolute atomic E-state index is 15.5. The summed E-state index contributed by atoms with van der Waals surface area (Å²) in [6.07, 6.45) is -1.56. The molecule has 0 amide bonds. The van der Waals surface area contributed by atoms with Crippen molar-refractivity contribution in [1.82, 2.24) is 14.5 Å². The van der Waals surface area contributed by atoms with Gasteiger partial charge in [-0.05, 0) is 66.9 Å². The van der Waals surface area contributed by atoms with Crippen LogP contribution in [0.3, 0.4) is 0 Å². The minimum Gasteiger partial charge on any atom is -0.473 e. The summed E-state index contributed by atoms with van der Waals surface area (Å²) in [6.45, 7) is 1.92. The van der Waals surface area contributed by atoms with Crippen molar-refractivity contribution in [1.29, 1.82) is 0 Å². The summed E-state index contributed by atoms with van der Waals surface area (Å²) in [5.74, 6) is -3.35. The van der Waals surface area contributed by atoms with E-state index in [9.17, 15) is 23.4 Å². The third-order valence-electron chi connectivity index (χ3n) is 7.57. The van der Waals surface area contributed by atoms with Crippen LogP contribution < -0.4 is 4.74 Å². The molecule has 0 radical (unpaired) electrons. The van der Waals surface area contributed by atoms with E-state index < -0.39 is 35.4 Å². The topological polar surface area (TPSA) is 89.6 Å². The van der Waals surface area contributed by atoms with Crippen molar-refractivity contribution in [3.63, 3.8) is 0 Å². The fourth-order valence-electron chi connectivity index (χ4n) is 5.05. The van der Waals surface area contributed by atoms with E-state index in [1.54, 1.807) is 4.57 Å². The first kappa shape index (κ1) is 29.7. The monoisotopic (exact) mass is 611 g/mol. The molecule has 1 aliphatic heterocycles. The summed E-state index contributed by atoms with van der Waals surface area (Å²) in [5.41, 5.74) is 0.111. The Labute approximate surface area is 248 Å². The summed E-state index contributed by atoms with van der Waals surface area (Å²) in [4.78, 5) is 8.55. The minimum atomic E-state index is -1.91. The van der Waals surface area contributed by atoms with E-state index in [4.69, 9.17) is 9.47 Å². The van der Waals surface area contributed by atoms with Crippen LogP contribution in [0.4, 0.5) is 22.0 Å². The minimum absolute atomic E-state index is 0.00640. The highest BCUT2D eigenvalue weighted by atomic mass is 19.1. The smallest absolute Gasteiger partial charge is 0.214 e. The average molecular weight is 612 g/mol. The van der Waals surface area contributed by atoms with Crippen LogP contribution in [0.15, 0.2) is 54.6 Å². The molecule has 0 aliphatic carbocycles. The number of aromatic nitrogens is 3. The van der Waals surface area contributed by atoms with Crippen molar-refractivity contribution in [3.8, 4) is 17.1 Å². The lowest BCUT2D eigenvalue weighted by Crippen LogP contribution is -2.31. The predicted molar refractivity (Wildman–Crippen MR) is 149 cm³/mol. The van der Waals surface area contributed by atoms with Crippen molar-refractivity contribution in [3.05, 3.63) is 112 Å². The molecule has 1 aliphatic rings. The molecule has 44 heavy (non-hydrogen) atoms. The summed E-state index contributed by atoms with van der Waals surface area (Å²) < 4.78 is 86.5. The van der Waals surface area contributed by atoms with Crippen LogP contribution in [-0.4, -0.2) is 37.5 Å². The number of halogens is 5. The van der Waals surface area contributed by atoms with Gasteiger partial charge in [0.25, 0.3) is 0 Å². The van der Waals surface area contributed by atoms with Crippen LogP contribution in [0.5, 0.6) is 5.88 Å². The Morgan fingerprint density at radius 1 is 0.909 bits per heavy atom. The van der Waals surface area contributed by atoms with Gasteiger partial charge in [-0.1, -0.05) is 6.07 Å². The SMILES string of the molecule is Cc1cc(F)c(COc2cccc(-c3cc(F)c(Cc4nc5c(F)cc(C(O)O)cc5n4C[C@@H]4CCO4)cc3F)n2)cc1F. The van der Waals surface area contributed by atoms with Crippen LogP contribution in [0.2, 0.25) is 0 Å². The second-order valence-electron chi connectivity index (χ2n) is 10.6. The Morgan fingerprint density at radius 2 is 1.66 bits per heavy atom. The zero-order valence-electron chi connectivity index (χ0n) is 23.3. The van der Waals surface area contributed by atoms with Gasteiger partial charge in [-0.2, -0.15) is 0 Å². The van der Waals surface area contributed by atoms with Crippen LogP contribution in [0.25, 0.3) is 22.3 Å². The molecule has 3 heterocycles. The zero-order valence-corrected chi connectivity index (χ0v) is 23.3. The molecule has 2 aromatic heterocycles. The van der Waals surface area contributed by atoms with Gasteiger partial charge in [-0.25, -0.2) is 31.9 Å². The lowest BCUT2D eigenvalue weighted by molar-refractivity contribution is -0.0590. The predicted octanol–water partition coefficient (Wildman–Crippen LogP) is 6.04. The number of ether oxygens (including phenoxy) is 2. The number of pyridine rings is 1. The Morgan fingerprint density at radius 3 is 2.39 bits per heavy atom. The molecule has 3 aromatic carbocycles. The first-order valence-electron chi connectivity index (χ1n) is 13.8. The Bertz CT molecular complexity index is 1870. The molecule has 0 saturated carbocycles. The quantitative estimate of drug-likeness (QED) is 0.156. The van der Waals surface area contributed by atoms with Gasteiger partial charge in [0.1, 0.15) is 41.2 Å². The number of nitrogens with zero attached hydrogens (tertiary/aromatic N) is 3. The fraction of sp³-hybridized carbons (Fsp3) is 0.250. The molecule has 0 unspecified atom stereocenters. The zero-order chi connectivity index (χ0) is 31.1. The summed E-state index contributed by atoms with van der Waals surface area (Å²) in [5, 5.41) is 19.2. The normalized spacial score (nSPS) is 14.8. The second kappa shape index (κ2) is 11.9. The Balaban J connectivity index is 1.28. The molecule has 5 aromatic rings. The summed E-state index contributed by atoms with van der Waals surface area (Å²) in [6, 6.07) is 10.8. The fourth-order valence-corrected chi connectivity index (χ4v) is 5.05. The van der Waals surface area contributed by atoms with Gasteiger partial charge in [0, 0.05) is 35.8 Å². The molecule has 228 valence electrons. The number of imidazole rings is 1. The molecule has 1 saturated heterocycles. The maximum Gasteiger partial charge on any atom is 0.214 e. The van der Waals surface area contributed by atoms with E-state index in [1.807, 2.05) is 0 Å². The maximum atomic E-state index is 15.5. The first-order chi connectivity index (χ1) is 21.1. The summed E-state index contributed by atoms with van der Waals surface area (Å²) >= 11 is 0. The third kappa shape index (κ3) is 5.88. The molecule has 1 atom stereocenters. The van der Waals surface area contributed by atoms with E-state index >= 15 is 8.78 Å². The number of aliphatic hydroxyl groups is 2. The van der Waals surface area contributed by atoms with Crippen molar-refractivity contribution < 1.29 is 41.6 Å². The lowest BCUT2D eigenvalue weighted by atomic mass is 10.0. The molecule has 0 spiro atoms. The average Bonchev–Trinajstić information content (AvgIpc) is 3.31. The number of aryl methyl sites for hydroxylation is 1. The van der Waals surface area contributed by atoms with Gasteiger partial charge >= 0.3 is 0 Å². The van der Waals surface area contributed by atoms with E-state index in [1.165, 1.54) is 31.2 Å². The molecule has 2 N–H and O–H groups in total. The standard InChI is InChI=1S/C32H26F5N3O4/c1-16-7-23(34)19(10-22(16)33)15-44-30-4-2-3-27(38-30)21-13-24(35)17(8-25(21)36)12-29-39-31-26(37)9-18(32(41)42)11-28(31)40(29)14-20-5-6-43-20/h2-4,7-11,13,20,32,41-42H,5-6,12,14-15H2,1H3/t20-/m0/s1. The van der Waals surface area contributed by atoms with Gasteiger partial charge in [-0.15, -0.1) is 0 Å². The van der Waals surface area contributed by atoms with Gasteiger partial charge in [0.2, 0.25) is 5.88 Å². The number of benzene rings is 3. The van der Waals surface area contributed by atoms with Crippen molar-refractivity contribution >= 4 is 11.0 Å². The van der Waals surface area contributed by atoms with E-state index in [0.29, 0.717) is 6.61 Å².